The highest BCUT2D eigenvalue weighted by Gasteiger charge is 2.39. The molecule has 1 atom stereocenters. The second-order valence-electron chi connectivity index (χ2n) is 7.02. The molecule has 1 aromatic carbocycles. The molecule has 0 saturated carbocycles. The van der Waals surface area contributed by atoms with E-state index in [9.17, 15) is 4.79 Å². The van der Waals surface area contributed by atoms with Gasteiger partial charge in [-0.25, -0.2) is 0 Å². The lowest BCUT2D eigenvalue weighted by Gasteiger charge is -2.47. The Kier molecular flexibility index (Phi) is 4.54. The lowest BCUT2D eigenvalue weighted by Crippen LogP contribution is -2.64. The van der Waals surface area contributed by atoms with Crippen LogP contribution in [-0.4, -0.2) is 86.9 Å². The minimum Gasteiger partial charge on any atom is -0.454 e. The van der Waals surface area contributed by atoms with Crippen molar-refractivity contribution in [3.05, 3.63) is 23.8 Å². The summed E-state index contributed by atoms with van der Waals surface area (Å²) >= 11 is 0. The number of carbonyl (C=O) groups excluding carboxylic acids is 1. The SMILES string of the molecule is CN(C)C(C(=O)N1CC(N2CCOCC2)C1)c1ccc2c(c1)OCO2. The third kappa shape index (κ3) is 3.19. The molecule has 2 fully saturated rings. The number of benzene rings is 1. The number of ether oxygens (including phenoxy) is 3. The summed E-state index contributed by atoms with van der Waals surface area (Å²) in [6.45, 7) is 5.36. The van der Waals surface area contributed by atoms with Crippen LogP contribution in [0.2, 0.25) is 0 Å². The summed E-state index contributed by atoms with van der Waals surface area (Å²) in [4.78, 5) is 19.4. The van der Waals surface area contributed by atoms with Crippen LogP contribution >= 0.6 is 0 Å². The Morgan fingerprint density at radius 2 is 1.88 bits per heavy atom. The van der Waals surface area contributed by atoms with Gasteiger partial charge in [0.25, 0.3) is 0 Å². The van der Waals surface area contributed by atoms with Crippen LogP contribution in [0.1, 0.15) is 11.6 Å². The molecule has 1 unspecified atom stereocenters. The van der Waals surface area contributed by atoms with Crippen molar-refractivity contribution in [3.8, 4) is 11.5 Å². The van der Waals surface area contributed by atoms with Crippen LogP contribution in [0.5, 0.6) is 11.5 Å². The molecule has 3 aliphatic rings. The molecule has 0 aromatic heterocycles. The van der Waals surface area contributed by atoms with E-state index in [0.717, 1.165) is 50.7 Å². The Hall–Kier alpha value is -1.83. The van der Waals surface area contributed by atoms with E-state index in [1.54, 1.807) is 0 Å². The third-order valence-corrected chi connectivity index (χ3v) is 5.20. The van der Waals surface area contributed by atoms with Crippen LogP contribution in [-0.2, 0) is 9.53 Å². The molecule has 0 spiro atoms. The Morgan fingerprint density at radius 3 is 2.60 bits per heavy atom. The summed E-state index contributed by atoms with van der Waals surface area (Å²) in [6.07, 6.45) is 0. The molecule has 1 aromatic rings. The second kappa shape index (κ2) is 6.82. The van der Waals surface area contributed by atoms with Gasteiger partial charge in [0, 0.05) is 32.2 Å². The Bertz CT molecular complexity index is 639. The predicted molar refractivity (Wildman–Crippen MR) is 91.8 cm³/mol. The van der Waals surface area contributed by atoms with Crippen molar-refractivity contribution in [3.63, 3.8) is 0 Å². The zero-order valence-electron chi connectivity index (χ0n) is 14.8. The highest BCUT2D eigenvalue weighted by atomic mass is 16.7. The molecule has 0 aliphatic carbocycles. The first-order chi connectivity index (χ1) is 12.1. The molecule has 0 radical (unpaired) electrons. The normalized spacial score (nSPS) is 22.1. The number of hydrogen-bond donors (Lipinski definition) is 0. The molecule has 0 bridgehead atoms. The summed E-state index contributed by atoms with van der Waals surface area (Å²) < 4.78 is 16.2. The summed E-state index contributed by atoms with van der Waals surface area (Å²) in [5.74, 6) is 1.60. The van der Waals surface area contributed by atoms with Gasteiger partial charge in [-0.1, -0.05) is 6.07 Å². The van der Waals surface area contributed by atoms with Crippen molar-refractivity contribution in [2.45, 2.75) is 12.1 Å². The highest BCUT2D eigenvalue weighted by molar-refractivity contribution is 5.84. The van der Waals surface area contributed by atoms with Crippen molar-refractivity contribution in [1.29, 1.82) is 0 Å². The molecule has 0 N–H and O–H groups in total. The number of likely N-dealkylation sites (tertiary alicyclic amines) is 1. The highest BCUT2D eigenvalue weighted by Crippen LogP contribution is 2.36. The van der Waals surface area contributed by atoms with Crippen LogP contribution in [0, 0.1) is 0 Å². The number of likely N-dealkylation sites (N-methyl/N-ethyl adjacent to an activating group) is 1. The topological polar surface area (TPSA) is 54.5 Å². The van der Waals surface area contributed by atoms with E-state index < -0.39 is 0 Å². The molecule has 136 valence electrons. The zero-order chi connectivity index (χ0) is 17.4. The van der Waals surface area contributed by atoms with Crippen LogP contribution in [0.25, 0.3) is 0 Å². The Morgan fingerprint density at radius 1 is 1.16 bits per heavy atom. The maximum Gasteiger partial charge on any atom is 0.244 e. The van der Waals surface area contributed by atoms with Crippen LogP contribution < -0.4 is 9.47 Å². The summed E-state index contributed by atoms with van der Waals surface area (Å²) in [7, 11) is 3.87. The molecular weight excluding hydrogens is 322 g/mol. The van der Waals surface area contributed by atoms with E-state index in [4.69, 9.17) is 14.2 Å². The van der Waals surface area contributed by atoms with Gasteiger partial charge in [0.2, 0.25) is 12.7 Å². The second-order valence-corrected chi connectivity index (χ2v) is 7.02. The van der Waals surface area contributed by atoms with Gasteiger partial charge >= 0.3 is 0 Å². The van der Waals surface area contributed by atoms with Gasteiger partial charge in [0.1, 0.15) is 6.04 Å². The minimum absolute atomic E-state index is 0.147. The minimum atomic E-state index is -0.305. The van der Waals surface area contributed by atoms with Crippen LogP contribution in [0.4, 0.5) is 0 Å². The molecule has 7 heteroatoms. The fourth-order valence-corrected chi connectivity index (χ4v) is 3.73. The van der Waals surface area contributed by atoms with Gasteiger partial charge in [-0.3, -0.25) is 14.6 Å². The van der Waals surface area contributed by atoms with Crippen molar-refractivity contribution in [1.82, 2.24) is 14.7 Å². The molecule has 1 amide bonds. The molecule has 3 aliphatic heterocycles. The molecule has 25 heavy (non-hydrogen) atoms. The number of amides is 1. The standard InChI is InChI=1S/C18H25N3O4/c1-19(2)17(13-3-4-15-16(9-13)25-12-24-15)18(22)21-10-14(11-21)20-5-7-23-8-6-20/h3-4,9,14,17H,5-8,10-12H2,1-2H3. The van der Waals surface area contributed by atoms with E-state index in [2.05, 4.69) is 4.90 Å². The number of fused-ring (bicyclic) bond motifs is 1. The first kappa shape index (κ1) is 16.6. The van der Waals surface area contributed by atoms with Gasteiger partial charge < -0.3 is 19.1 Å². The van der Waals surface area contributed by atoms with Gasteiger partial charge in [-0.2, -0.15) is 0 Å². The first-order valence-corrected chi connectivity index (χ1v) is 8.80. The average molecular weight is 347 g/mol. The predicted octanol–water partition coefficient (Wildman–Crippen LogP) is 0.561. The molecular formula is C18H25N3O4. The fourth-order valence-electron chi connectivity index (χ4n) is 3.73. The number of carbonyl (C=O) groups is 1. The first-order valence-electron chi connectivity index (χ1n) is 8.80. The smallest absolute Gasteiger partial charge is 0.244 e. The number of hydrogen-bond acceptors (Lipinski definition) is 6. The average Bonchev–Trinajstić information content (AvgIpc) is 3.02. The van der Waals surface area contributed by atoms with Crippen molar-refractivity contribution >= 4 is 5.91 Å². The Labute approximate surface area is 148 Å². The van der Waals surface area contributed by atoms with Gasteiger partial charge in [-0.05, 0) is 31.8 Å². The van der Waals surface area contributed by atoms with E-state index >= 15 is 0 Å². The van der Waals surface area contributed by atoms with Crippen molar-refractivity contribution in [2.75, 3.05) is 60.3 Å². The van der Waals surface area contributed by atoms with E-state index in [0.29, 0.717) is 11.8 Å². The van der Waals surface area contributed by atoms with Gasteiger partial charge in [0.15, 0.2) is 11.5 Å². The van der Waals surface area contributed by atoms with Crippen molar-refractivity contribution in [2.24, 2.45) is 0 Å². The van der Waals surface area contributed by atoms with Gasteiger partial charge in [0.05, 0.1) is 13.2 Å². The lowest BCUT2D eigenvalue weighted by molar-refractivity contribution is -0.145. The number of nitrogens with zero attached hydrogens (tertiary/aromatic N) is 3. The number of morpholine rings is 1. The van der Waals surface area contributed by atoms with Gasteiger partial charge in [-0.15, -0.1) is 0 Å². The van der Waals surface area contributed by atoms with E-state index in [1.807, 2.05) is 42.1 Å². The monoisotopic (exact) mass is 347 g/mol. The molecule has 3 heterocycles. The summed E-state index contributed by atoms with van der Waals surface area (Å²) in [6, 6.07) is 5.92. The number of rotatable bonds is 4. The lowest BCUT2D eigenvalue weighted by atomic mass is 9.99. The maximum atomic E-state index is 13.1. The van der Waals surface area contributed by atoms with E-state index in [-0.39, 0.29) is 18.7 Å². The van der Waals surface area contributed by atoms with Crippen molar-refractivity contribution < 1.29 is 19.0 Å². The summed E-state index contributed by atoms with van der Waals surface area (Å²) in [5.41, 5.74) is 0.939. The third-order valence-electron chi connectivity index (χ3n) is 5.20. The van der Waals surface area contributed by atoms with Crippen LogP contribution in [0.3, 0.4) is 0 Å². The molecule has 4 rings (SSSR count). The van der Waals surface area contributed by atoms with Crippen LogP contribution in [0.15, 0.2) is 18.2 Å². The zero-order valence-corrected chi connectivity index (χ0v) is 14.8. The molecule has 2 saturated heterocycles. The quantitative estimate of drug-likeness (QED) is 0.793. The Balaban J connectivity index is 1.44. The summed E-state index contributed by atoms with van der Waals surface area (Å²) in [5, 5.41) is 0. The maximum absolute atomic E-state index is 13.1. The van der Waals surface area contributed by atoms with E-state index in [1.165, 1.54) is 0 Å². The fraction of sp³-hybridized carbons (Fsp3) is 0.611. The largest absolute Gasteiger partial charge is 0.454 e. The molecule has 7 nitrogen and oxygen atoms in total.